The van der Waals surface area contributed by atoms with Crippen molar-refractivity contribution >= 4 is 11.8 Å². The molecule has 88 valence electrons. The van der Waals surface area contributed by atoms with E-state index in [9.17, 15) is 0 Å². The van der Waals surface area contributed by atoms with Crippen molar-refractivity contribution in [2.24, 2.45) is 0 Å². The van der Waals surface area contributed by atoms with Crippen molar-refractivity contribution in [2.75, 3.05) is 32.4 Å². The molecule has 1 unspecified atom stereocenters. The minimum Gasteiger partial charge on any atom is -0.306 e. The first-order chi connectivity index (χ1) is 7.83. The molecule has 1 N–H and O–H groups in total. The summed E-state index contributed by atoms with van der Waals surface area (Å²) in [6.45, 7) is 4.36. The van der Waals surface area contributed by atoms with E-state index in [1.165, 1.54) is 22.9 Å². The lowest BCUT2D eigenvalue weighted by Crippen LogP contribution is -2.43. The molecule has 1 aromatic rings. The molecular weight excluding hydrogens is 220 g/mol. The Morgan fingerprint density at radius 1 is 1.50 bits per heavy atom. The molecule has 0 aliphatic carbocycles. The molecule has 1 atom stereocenters. The number of aryl methyl sites for hydroxylation is 1. The molecular formula is C11H18N4S. The molecule has 0 amide bonds. The molecule has 0 saturated carbocycles. The summed E-state index contributed by atoms with van der Waals surface area (Å²) in [5, 5.41) is 9.61. The molecule has 2 aliphatic rings. The van der Waals surface area contributed by atoms with Crippen molar-refractivity contribution in [3.05, 3.63) is 11.8 Å². The molecule has 4 nitrogen and oxygen atoms in total. The van der Waals surface area contributed by atoms with Gasteiger partial charge in [0, 0.05) is 31.9 Å². The van der Waals surface area contributed by atoms with Crippen LogP contribution in [-0.4, -0.2) is 47.1 Å². The second kappa shape index (κ2) is 4.39. The van der Waals surface area contributed by atoms with Crippen LogP contribution in [0.1, 0.15) is 18.2 Å². The first kappa shape index (κ1) is 10.6. The zero-order valence-electron chi connectivity index (χ0n) is 9.65. The van der Waals surface area contributed by atoms with Gasteiger partial charge in [-0.25, -0.2) is 0 Å². The maximum Gasteiger partial charge on any atom is 0.0943 e. The number of thioether (sulfide) groups is 1. The predicted octanol–water partition coefficient (Wildman–Crippen LogP) is 0.955. The van der Waals surface area contributed by atoms with Crippen molar-refractivity contribution in [3.8, 4) is 0 Å². The van der Waals surface area contributed by atoms with Gasteiger partial charge in [-0.15, -0.1) is 11.8 Å². The lowest BCUT2D eigenvalue weighted by atomic mass is 10.1. The maximum atomic E-state index is 4.72. The Morgan fingerprint density at radius 2 is 2.44 bits per heavy atom. The first-order valence-corrected chi connectivity index (χ1v) is 6.94. The largest absolute Gasteiger partial charge is 0.306 e. The SMILES string of the molecule is CN1CCNC(c2cc3n(n2)CCCS3)C1. The van der Waals surface area contributed by atoms with Gasteiger partial charge >= 0.3 is 0 Å². The van der Waals surface area contributed by atoms with E-state index in [0.717, 1.165) is 26.2 Å². The van der Waals surface area contributed by atoms with E-state index < -0.39 is 0 Å². The van der Waals surface area contributed by atoms with Gasteiger partial charge in [-0.3, -0.25) is 4.68 Å². The molecule has 2 aliphatic heterocycles. The molecule has 1 fully saturated rings. The zero-order chi connectivity index (χ0) is 11.0. The Bertz CT molecular complexity index is 353. The minimum absolute atomic E-state index is 0.414. The van der Waals surface area contributed by atoms with Gasteiger partial charge in [0.05, 0.1) is 16.8 Å². The highest BCUT2D eigenvalue weighted by Crippen LogP contribution is 2.27. The van der Waals surface area contributed by atoms with Crippen LogP contribution in [0.15, 0.2) is 11.1 Å². The third-order valence-corrected chi connectivity index (χ3v) is 4.38. The number of hydrogen-bond donors (Lipinski definition) is 1. The van der Waals surface area contributed by atoms with Gasteiger partial charge in [0.1, 0.15) is 0 Å². The third kappa shape index (κ3) is 1.99. The monoisotopic (exact) mass is 238 g/mol. The Kier molecular flexibility index (Phi) is 2.91. The summed E-state index contributed by atoms with van der Waals surface area (Å²) in [6.07, 6.45) is 1.25. The van der Waals surface area contributed by atoms with E-state index in [-0.39, 0.29) is 0 Å². The fourth-order valence-electron chi connectivity index (χ4n) is 2.35. The molecule has 3 heterocycles. The lowest BCUT2D eigenvalue weighted by molar-refractivity contribution is 0.237. The number of rotatable bonds is 1. The van der Waals surface area contributed by atoms with E-state index in [1.807, 2.05) is 11.8 Å². The van der Waals surface area contributed by atoms with E-state index in [0.29, 0.717) is 6.04 Å². The lowest BCUT2D eigenvalue weighted by Gasteiger charge is -2.29. The van der Waals surface area contributed by atoms with Crippen LogP contribution in [0, 0.1) is 0 Å². The Balaban J connectivity index is 1.80. The minimum atomic E-state index is 0.414. The normalized spacial score (nSPS) is 26.7. The van der Waals surface area contributed by atoms with Crippen molar-refractivity contribution < 1.29 is 0 Å². The van der Waals surface area contributed by atoms with E-state index in [2.05, 4.69) is 28.0 Å². The van der Waals surface area contributed by atoms with Crippen LogP contribution >= 0.6 is 11.8 Å². The second-order valence-corrected chi connectivity index (χ2v) is 5.72. The molecule has 0 spiro atoms. The first-order valence-electron chi connectivity index (χ1n) is 5.95. The highest BCUT2D eigenvalue weighted by Gasteiger charge is 2.22. The number of hydrogen-bond acceptors (Lipinski definition) is 4. The number of nitrogens with one attached hydrogen (secondary N) is 1. The third-order valence-electron chi connectivity index (χ3n) is 3.26. The highest BCUT2D eigenvalue weighted by molar-refractivity contribution is 7.99. The molecule has 16 heavy (non-hydrogen) atoms. The topological polar surface area (TPSA) is 33.1 Å². The summed E-state index contributed by atoms with van der Waals surface area (Å²) in [5.41, 5.74) is 1.22. The van der Waals surface area contributed by atoms with Gasteiger partial charge in [-0.2, -0.15) is 5.10 Å². The second-order valence-electron chi connectivity index (χ2n) is 4.60. The van der Waals surface area contributed by atoms with Gasteiger partial charge in [-0.1, -0.05) is 0 Å². The molecule has 0 bridgehead atoms. The van der Waals surface area contributed by atoms with Crippen molar-refractivity contribution in [2.45, 2.75) is 24.0 Å². The van der Waals surface area contributed by atoms with E-state index in [4.69, 9.17) is 5.10 Å². The molecule has 5 heteroatoms. The summed E-state index contributed by atoms with van der Waals surface area (Å²) in [4.78, 5) is 2.37. The Labute approximate surface area is 100 Å². The molecule has 0 radical (unpaired) electrons. The van der Waals surface area contributed by atoms with Crippen molar-refractivity contribution in [1.29, 1.82) is 0 Å². The van der Waals surface area contributed by atoms with E-state index in [1.54, 1.807) is 0 Å². The quantitative estimate of drug-likeness (QED) is 0.790. The van der Waals surface area contributed by atoms with Gasteiger partial charge in [-0.05, 0) is 19.5 Å². The average Bonchev–Trinajstić information content (AvgIpc) is 2.72. The number of nitrogens with zero attached hydrogens (tertiary/aromatic N) is 3. The van der Waals surface area contributed by atoms with Crippen LogP contribution in [0.3, 0.4) is 0 Å². The molecule has 1 aromatic heterocycles. The standard InChI is InChI=1S/C11H18N4S/c1-14-5-3-12-10(8-14)9-7-11-15(13-9)4-2-6-16-11/h7,10,12H,2-6,8H2,1H3. The average molecular weight is 238 g/mol. The smallest absolute Gasteiger partial charge is 0.0943 e. The fourth-order valence-corrected chi connectivity index (χ4v) is 3.32. The fraction of sp³-hybridized carbons (Fsp3) is 0.727. The van der Waals surface area contributed by atoms with Crippen LogP contribution in [0.5, 0.6) is 0 Å². The summed E-state index contributed by atoms with van der Waals surface area (Å²) < 4.78 is 2.17. The summed E-state index contributed by atoms with van der Waals surface area (Å²) >= 11 is 1.93. The zero-order valence-corrected chi connectivity index (χ0v) is 10.5. The van der Waals surface area contributed by atoms with Gasteiger partial charge in [0.25, 0.3) is 0 Å². The Morgan fingerprint density at radius 3 is 3.25 bits per heavy atom. The highest BCUT2D eigenvalue weighted by atomic mass is 32.2. The molecule has 3 rings (SSSR count). The van der Waals surface area contributed by atoms with Crippen molar-refractivity contribution in [3.63, 3.8) is 0 Å². The van der Waals surface area contributed by atoms with Gasteiger partial charge in [0.2, 0.25) is 0 Å². The van der Waals surface area contributed by atoms with Crippen LogP contribution in [0.2, 0.25) is 0 Å². The van der Waals surface area contributed by atoms with Crippen LogP contribution in [0.25, 0.3) is 0 Å². The predicted molar refractivity (Wildman–Crippen MR) is 65.8 cm³/mol. The van der Waals surface area contributed by atoms with Crippen molar-refractivity contribution in [1.82, 2.24) is 20.0 Å². The summed E-state index contributed by atoms with van der Waals surface area (Å²) in [6, 6.07) is 2.68. The Hall–Kier alpha value is -0.520. The van der Waals surface area contributed by atoms with Gasteiger partial charge in [0.15, 0.2) is 0 Å². The van der Waals surface area contributed by atoms with Crippen LogP contribution in [-0.2, 0) is 6.54 Å². The summed E-state index contributed by atoms with van der Waals surface area (Å²) in [7, 11) is 2.18. The number of fused-ring (bicyclic) bond motifs is 1. The number of piperazine rings is 1. The van der Waals surface area contributed by atoms with Gasteiger partial charge < -0.3 is 10.2 Å². The maximum absolute atomic E-state index is 4.72. The number of aromatic nitrogens is 2. The molecule has 1 saturated heterocycles. The van der Waals surface area contributed by atoms with E-state index >= 15 is 0 Å². The summed E-state index contributed by atoms with van der Waals surface area (Å²) in [5.74, 6) is 1.24. The molecule has 0 aromatic carbocycles. The van der Waals surface area contributed by atoms with Crippen LogP contribution < -0.4 is 5.32 Å². The number of likely N-dealkylation sites (N-methyl/N-ethyl adjacent to an activating group) is 1. The van der Waals surface area contributed by atoms with Crippen LogP contribution in [0.4, 0.5) is 0 Å².